The summed E-state index contributed by atoms with van der Waals surface area (Å²) in [4.78, 5) is 4.41. The quantitative estimate of drug-likeness (QED) is 0.731. The van der Waals surface area contributed by atoms with Gasteiger partial charge >= 0.3 is 0 Å². The van der Waals surface area contributed by atoms with Crippen LogP contribution < -0.4 is 0 Å². The molecule has 0 amide bonds. The molecule has 0 aromatic carbocycles. The first kappa shape index (κ1) is 8.51. The van der Waals surface area contributed by atoms with Crippen LogP contribution in [-0.4, -0.2) is 4.98 Å². The topological polar surface area (TPSA) is 26.0 Å². The molecule has 0 radical (unpaired) electrons. The third kappa shape index (κ3) is 1.52. The van der Waals surface area contributed by atoms with Gasteiger partial charge in [-0.15, -0.1) is 0 Å². The zero-order valence-corrected chi connectivity index (χ0v) is 8.52. The second kappa shape index (κ2) is 3.34. The molecule has 0 aliphatic heterocycles. The predicted molar refractivity (Wildman–Crippen MR) is 53.9 cm³/mol. The molecule has 2 rings (SSSR count). The van der Waals surface area contributed by atoms with Crippen molar-refractivity contribution in [3.05, 3.63) is 28.3 Å². The number of aryl methyl sites for hydroxylation is 2. The molecule has 2 aromatic heterocycles. The van der Waals surface area contributed by atoms with Crippen LogP contribution in [0.15, 0.2) is 21.2 Å². The van der Waals surface area contributed by atoms with Crippen LogP contribution in [-0.2, 0) is 6.42 Å². The van der Waals surface area contributed by atoms with Crippen LogP contribution in [0.3, 0.4) is 0 Å². The lowest BCUT2D eigenvalue weighted by Crippen LogP contribution is -1.81. The van der Waals surface area contributed by atoms with Gasteiger partial charge in [-0.2, -0.15) is 11.3 Å². The summed E-state index contributed by atoms with van der Waals surface area (Å²) in [5.74, 6) is 1.68. The van der Waals surface area contributed by atoms with Crippen LogP contribution in [0.25, 0.3) is 11.5 Å². The van der Waals surface area contributed by atoms with Crippen LogP contribution in [0.4, 0.5) is 0 Å². The summed E-state index contributed by atoms with van der Waals surface area (Å²) in [6, 6.07) is 2.02. The number of hydrogen-bond acceptors (Lipinski definition) is 3. The highest BCUT2D eigenvalue weighted by Gasteiger charge is 2.09. The molecule has 0 saturated carbocycles. The summed E-state index contributed by atoms with van der Waals surface area (Å²) in [6.45, 7) is 4.05. The first-order valence-corrected chi connectivity index (χ1v) is 5.24. The van der Waals surface area contributed by atoms with Crippen molar-refractivity contribution in [3.8, 4) is 11.5 Å². The first-order chi connectivity index (χ1) is 6.31. The van der Waals surface area contributed by atoms with E-state index in [-0.39, 0.29) is 0 Å². The van der Waals surface area contributed by atoms with Gasteiger partial charge in [0.1, 0.15) is 5.76 Å². The second-order valence-electron chi connectivity index (χ2n) is 2.89. The van der Waals surface area contributed by atoms with E-state index in [2.05, 4.69) is 11.9 Å². The van der Waals surface area contributed by atoms with E-state index in [1.807, 2.05) is 23.8 Å². The number of hydrogen-bond donors (Lipinski definition) is 0. The minimum Gasteiger partial charge on any atom is -0.441 e. The smallest absolute Gasteiger partial charge is 0.227 e. The standard InChI is InChI=1S/C10H11NOS/c1-3-9-7(2)12-10(11-9)8-4-5-13-6-8/h4-6H,3H2,1-2H3. The van der Waals surface area contributed by atoms with E-state index in [9.17, 15) is 0 Å². The molecule has 0 N–H and O–H groups in total. The number of nitrogens with zero attached hydrogens (tertiary/aromatic N) is 1. The Hall–Kier alpha value is -1.09. The molecule has 0 bridgehead atoms. The Morgan fingerprint density at radius 1 is 1.54 bits per heavy atom. The summed E-state index contributed by atoms with van der Waals surface area (Å²) in [7, 11) is 0. The molecule has 0 aliphatic rings. The average molecular weight is 193 g/mol. The highest BCUT2D eigenvalue weighted by atomic mass is 32.1. The van der Waals surface area contributed by atoms with Crippen LogP contribution in [0, 0.1) is 6.92 Å². The molecule has 0 aliphatic carbocycles. The summed E-state index contributed by atoms with van der Waals surface area (Å²) in [6.07, 6.45) is 0.930. The Kier molecular flexibility index (Phi) is 2.19. The van der Waals surface area contributed by atoms with Gasteiger partial charge in [0, 0.05) is 10.9 Å². The van der Waals surface area contributed by atoms with E-state index in [0.29, 0.717) is 0 Å². The summed E-state index contributed by atoms with van der Waals surface area (Å²) < 4.78 is 5.55. The lowest BCUT2D eigenvalue weighted by Gasteiger charge is -1.85. The lowest BCUT2D eigenvalue weighted by molar-refractivity contribution is 0.540. The normalized spacial score (nSPS) is 10.6. The third-order valence-corrected chi connectivity index (χ3v) is 2.68. The van der Waals surface area contributed by atoms with E-state index in [1.165, 1.54) is 0 Å². The van der Waals surface area contributed by atoms with Crippen molar-refractivity contribution >= 4 is 11.3 Å². The largest absolute Gasteiger partial charge is 0.441 e. The molecule has 3 heteroatoms. The third-order valence-electron chi connectivity index (χ3n) is 2.00. The van der Waals surface area contributed by atoms with E-state index in [0.717, 1.165) is 29.3 Å². The zero-order chi connectivity index (χ0) is 9.26. The van der Waals surface area contributed by atoms with Crippen LogP contribution >= 0.6 is 11.3 Å². The summed E-state index contributed by atoms with van der Waals surface area (Å²) in [5, 5.41) is 4.07. The monoisotopic (exact) mass is 193 g/mol. The van der Waals surface area contributed by atoms with Crippen molar-refractivity contribution in [1.29, 1.82) is 0 Å². The second-order valence-corrected chi connectivity index (χ2v) is 3.67. The van der Waals surface area contributed by atoms with E-state index < -0.39 is 0 Å². The number of oxazole rings is 1. The molecule has 0 spiro atoms. The van der Waals surface area contributed by atoms with Gasteiger partial charge in [0.2, 0.25) is 5.89 Å². The molecular weight excluding hydrogens is 182 g/mol. The van der Waals surface area contributed by atoms with Gasteiger partial charge in [-0.3, -0.25) is 0 Å². The molecular formula is C10H11NOS. The number of aromatic nitrogens is 1. The highest BCUT2D eigenvalue weighted by molar-refractivity contribution is 7.08. The molecule has 0 atom stereocenters. The highest BCUT2D eigenvalue weighted by Crippen LogP contribution is 2.23. The zero-order valence-electron chi connectivity index (χ0n) is 7.70. The Bertz CT molecular complexity index is 389. The van der Waals surface area contributed by atoms with Crippen LogP contribution in [0.5, 0.6) is 0 Å². The van der Waals surface area contributed by atoms with E-state index >= 15 is 0 Å². The average Bonchev–Trinajstić information content (AvgIpc) is 2.71. The Balaban J connectivity index is 2.43. The fraction of sp³-hybridized carbons (Fsp3) is 0.300. The predicted octanol–water partition coefficient (Wildman–Crippen LogP) is 3.27. The maximum absolute atomic E-state index is 5.55. The molecule has 2 heterocycles. The lowest BCUT2D eigenvalue weighted by atomic mass is 10.3. The first-order valence-electron chi connectivity index (χ1n) is 4.30. The van der Waals surface area contributed by atoms with E-state index in [1.54, 1.807) is 11.3 Å². The van der Waals surface area contributed by atoms with Gasteiger partial charge in [0.25, 0.3) is 0 Å². The van der Waals surface area contributed by atoms with Gasteiger partial charge in [-0.1, -0.05) is 6.92 Å². The molecule has 2 nitrogen and oxygen atoms in total. The van der Waals surface area contributed by atoms with Gasteiger partial charge in [-0.05, 0) is 24.8 Å². The van der Waals surface area contributed by atoms with Crippen molar-refractivity contribution in [1.82, 2.24) is 4.98 Å². The van der Waals surface area contributed by atoms with Gasteiger partial charge in [-0.25, -0.2) is 4.98 Å². The SMILES string of the molecule is CCc1nc(-c2ccsc2)oc1C. The molecule has 2 aromatic rings. The van der Waals surface area contributed by atoms with Crippen molar-refractivity contribution in [2.45, 2.75) is 20.3 Å². The maximum Gasteiger partial charge on any atom is 0.227 e. The minimum atomic E-state index is 0.746. The number of rotatable bonds is 2. The fourth-order valence-corrected chi connectivity index (χ4v) is 1.90. The van der Waals surface area contributed by atoms with E-state index in [4.69, 9.17) is 4.42 Å². The molecule has 13 heavy (non-hydrogen) atoms. The Labute approximate surface area is 81.2 Å². The maximum atomic E-state index is 5.55. The molecule has 0 unspecified atom stereocenters. The van der Waals surface area contributed by atoms with Gasteiger partial charge in [0.15, 0.2) is 0 Å². The van der Waals surface area contributed by atoms with Crippen molar-refractivity contribution in [2.24, 2.45) is 0 Å². The molecule has 0 saturated heterocycles. The van der Waals surface area contributed by atoms with Gasteiger partial charge < -0.3 is 4.42 Å². The van der Waals surface area contributed by atoms with Crippen molar-refractivity contribution < 1.29 is 4.42 Å². The summed E-state index contributed by atoms with van der Waals surface area (Å²) in [5.41, 5.74) is 2.13. The van der Waals surface area contributed by atoms with Gasteiger partial charge in [0.05, 0.1) is 5.69 Å². The van der Waals surface area contributed by atoms with Crippen LogP contribution in [0.1, 0.15) is 18.4 Å². The van der Waals surface area contributed by atoms with Crippen LogP contribution in [0.2, 0.25) is 0 Å². The molecule has 0 fully saturated rings. The minimum absolute atomic E-state index is 0.746. The van der Waals surface area contributed by atoms with Crippen molar-refractivity contribution in [2.75, 3.05) is 0 Å². The fourth-order valence-electron chi connectivity index (χ4n) is 1.27. The Morgan fingerprint density at radius 3 is 2.92 bits per heavy atom. The number of thiophene rings is 1. The Morgan fingerprint density at radius 2 is 2.38 bits per heavy atom. The molecule has 68 valence electrons. The summed E-state index contributed by atoms with van der Waals surface area (Å²) >= 11 is 1.66. The van der Waals surface area contributed by atoms with Crippen molar-refractivity contribution in [3.63, 3.8) is 0 Å².